The van der Waals surface area contributed by atoms with E-state index in [1.54, 1.807) is 6.07 Å². The van der Waals surface area contributed by atoms with Crippen molar-refractivity contribution in [2.75, 3.05) is 5.32 Å². The maximum atomic E-state index is 12.3. The van der Waals surface area contributed by atoms with Gasteiger partial charge in [-0.3, -0.25) is 4.79 Å². The highest BCUT2D eigenvalue weighted by Gasteiger charge is 2.27. The number of aromatic nitrogens is 1. The number of nitrogens with two attached hydrogens (primary N) is 1. The van der Waals surface area contributed by atoms with Crippen LogP contribution in [0.4, 0.5) is 5.69 Å². The number of anilines is 1. The van der Waals surface area contributed by atoms with E-state index in [-0.39, 0.29) is 11.3 Å². The minimum absolute atomic E-state index is 0.212. The molecular weight excluding hydrogens is 314 g/mol. The summed E-state index contributed by atoms with van der Waals surface area (Å²) in [6, 6.07) is 14.9. The molecule has 5 nitrogen and oxygen atoms in total. The summed E-state index contributed by atoms with van der Waals surface area (Å²) >= 11 is 0. The first-order valence-electron chi connectivity index (χ1n) is 8.33. The van der Waals surface area contributed by atoms with E-state index >= 15 is 0 Å². The molecule has 130 valence electrons. The average molecular weight is 337 g/mol. The Morgan fingerprint density at radius 1 is 1.20 bits per heavy atom. The van der Waals surface area contributed by atoms with Crippen molar-refractivity contribution in [3.05, 3.63) is 60.0 Å². The van der Waals surface area contributed by atoms with E-state index < -0.39 is 6.04 Å². The number of carbonyl (C=O) groups excluding carboxylic acids is 1. The van der Waals surface area contributed by atoms with Gasteiger partial charge in [-0.05, 0) is 23.1 Å². The van der Waals surface area contributed by atoms with Crippen LogP contribution in [0.1, 0.15) is 32.2 Å². The van der Waals surface area contributed by atoms with Crippen LogP contribution in [0.15, 0.2) is 52.9 Å². The fraction of sp³-hybridized carbons (Fsp3) is 0.300. The zero-order chi connectivity index (χ0) is 18.0. The van der Waals surface area contributed by atoms with Gasteiger partial charge in [-0.1, -0.05) is 51.1 Å². The van der Waals surface area contributed by atoms with Crippen molar-refractivity contribution in [3.8, 4) is 0 Å². The molecule has 0 saturated carbocycles. The second-order valence-corrected chi connectivity index (χ2v) is 7.29. The number of rotatable bonds is 4. The van der Waals surface area contributed by atoms with E-state index in [0.29, 0.717) is 23.6 Å². The maximum absolute atomic E-state index is 12.3. The Labute approximate surface area is 147 Å². The largest absolute Gasteiger partial charge is 0.440 e. The third-order valence-electron chi connectivity index (χ3n) is 4.11. The van der Waals surface area contributed by atoms with Gasteiger partial charge in [0, 0.05) is 18.2 Å². The molecule has 0 fully saturated rings. The van der Waals surface area contributed by atoms with Gasteiger partial charge in [0.25, 0.3) is 0 Å². The molecule has 25 heavy (non-hydrogen) atoms. The summed E-state index contributed by atoms with van der Waals surface area (Å²) in [5.41, 5.74) is 8.90. The van der Waals surface area contributed by atoms with Crippen LogP contribution in [-0.4, -0.2) is 16.9 Å². The summed E-state index contributed by atoms with van der Waals surface area (Å²) in [6.45, 7) is 5.81. The summed E-state index contributed by atoms with van der Waals surface area (Å²) in [5, 5.41) is 2.85. The Bertz CT molecular complexity index is 879. The molecule has 0 saturated heterocycles. The molecule has 5 heteroatoms. The van der Waals surface area contributed by atoms with Crippen LogP contribution >= 0.6 is 0 Å². The van der Waals surface area contributed by atoms with E-state index in [0.717, 1.165) is 11.1 Å². The molecule has 1 atom stereocenters. The molecule has 0 radical (unpaired) electrons. The topological polar surface area (TPSA) is 81.2 Å². The van der Waals surface area contributed by atoms with Crippen LogP contribution in [0.5, 0.6) is 0 Å². The van der Waals surface area contributed by atoms with Gasteiger partial charge < -0.3 is 15.5 Å². The van der Waals surface area contributed by atoms with Crippen molar-refractivity contribution >= 4 is 22.7 Å². The van der Waals surface area contributed by atoms with Crippen molar-refractivity contribution in [1.82, 2.24) is 4.98 Å². The van der Waals surface area contributed by atoms with Crippen molar-refractivity contribution in [2.45, 2.75) is 33.2 Å². The van der Waals surface area contributed by atoms with E-state index in [4.69, 9.17) is 10.2 Å². The molecule has 0 unspecified atom stereocenters. The van der Waals surface area contributed by atoms with Gasteiger partial charge >= 0.3 is 0 Å². The minimum Gasteiger partial charge on any atom is -0.440 e. The fourth-order valence-electron chi connectivity index (χ4n) is 2.51. The van der Waals surface area contributed by atoms with Crippen molar-refractivity contribution in [1.29, 1.82) is 0 Å². The minimum atomic E-state index is -0.591. The number of oxazole rings is 1. The molecule has 0 bridgehead atoms. The zero-order valence-corrected chi connectivity index (χ0v) is 14.7. The lowest BCUT2D eigenvalue weighted by Crippen LogP contribution is -2.45. The lowest BCUT2D eigenvalue weighted by atomic mass is 9.87. The Morgan fingerprint density at radius 2 is 1.92 bits per heavy atom. The van der Waals surface area contributed by atoms with E-state index in [2.05, 4.69) is 10.3 Å². The molecule has 3 aromatic rings. The lowest BCUT2D eigenvalue weighted by molar-refractivity contribution is -0.119. The molecule has 0 aliphatic rings. The molecule has 0 aliphatic carbocycles. The van der Waals surface area contributed by atoms with Gasteiger partial charge in [-0.2, -0.15) is 0 Å². The molecule has 1 heterocycles. The highest BCUT2D eigenvalue weighted by Crippen LogP contribution is 2.23. The molecule has 3 N–H and O–H groups in total. The smallest absolute Gasteiger partial charge is 0.241 e. The number of hydrogen-bond donors (Lipinski definition) is 2. The summed E-state index contributed by atoms with van der Waals surface area (Å²) in [7, 11) is 0. The normalized spacial score (nSPS) is 13.0. The monoisotopic (exact) mass is 337 g/mol. The highest BCUT2D eigenvalue weighted by atomic mass is 16.3. The van der Waals surface area contributed by atoms with Crippen LogP contribution in [0, 0.1) is 5.41 Å². The first kappa shape index (κ1) is 17.2. The van der Waals surface area contributed by atoms with Crippen LogP contribution in [0.25, 0.3) is 11.1 Å². The van der Waals surface area contributed by atoms with Crippen molar-refractivity contribution in [2.24, 2.45) is 11.1 Å². The molecule has 0 aliphatic heterocycles. The van der Waals surface area contributed by atoms with Crippen molar-refractivity contribution < 1.29 is 9.21 Å². The SMILES string of the molecule is CC(C)(C)[C@H](N)C(=O)Nc1ccc2nc(Cc3ccccc3)oc2c1. The van der Waals surface area contributed by atoms with Gasteiger partial charge in [0.15, 0.2) is 11.5 Å². The van der Waals surface area contributed by atoms with E-state index in [1.807, 2.05) is 63.2 Å². The summed E-state index contributed by atoms with van der Waals surface area (Å²) in [5.74, 6) is 0.437. The fourth-order valence-corrected chi connectivity index (χ4v) is 2.51. The van der Waals surface area contributed by atoms with Crippen LogP contribution in [-0.2, 0) is 11.2 Å². The van der Waals surface area contributed by atoms with Crippen LogP contribution in [0.2, 0.25) is 0 Å². The summed E-state index contributed by atoms with van der Waals surface area (Å²) in [6.07, 6.45) is 0.631. The number of fused-ring (bicyclic) bond motifs is 1. The zero-order valence-electron chi connectivity index (χ0n) is 14.7. The number of nitrogens with zero attached hydrogens (tertiary/aromatic N) is 1. The van der Waals surface area contributed by atoms with Crippen LogP contribution in [0.3, 0.4) is 0 Å². The van der Waals surface area contributed by atoms with Crippen LogP contribution < -0.4 is 11.1 Å². The van der Waals surface area contributed by atoms with Gasteiger partial charge in [0.2, 0.25) is 5.91 Å². The van der Waals surface area contributed by atoms with Crippen molar-refractivity contribution in [3.63, 3.8) is 0 Å². The lowest BCUT2D eigenvalue weighted by Gasteiger charge is -2.25. The molecule has 3 rings (SSSR count). The summed E-state index contributed by atoms with van der Waals surface area (Å²) < 4.78 is 5.83. The first-order valence-corrected chi connectivity index (χ1v) is 8.33. The van der Waals surface area contributed by atoms with E-state index in [9.17, 15) is 4.79 Å². The average Bonchev–Trinajstić information content (AvgIpc) is 2.95. The van der Waals surface area contributed by atoms with Gasteiger partial charge in [-0.25, -0.2) is 4.98 Å². The van der Waals surface area contributed by atoms with Gasteiger partial charge in [-0.15, -0.1) is 0 Å². The predicted molar refractivity (Wildman–Crippen MR) is 99.3 cm³/mol. The second-order valence-electron chi connectivity index (χ2n) is 7.29. The highest BCUT2D eigenvalue weighted by molar-refractivity contribution is 5.96. The number of amides is 1. The Balaban J connectivity index is 1.77. The Kier molecular flexibility index (Phi) is 4.59. The quantitative estimate of drug-likeness (QED) is 0.760. The molecule has 2 aromatic carbocycles. The predicted octanol–water partition coefficient (Wildman–Crippen LogP) is 3.73. The summed E-state index contributed by atoms with van der Waals surface area (Å²) in [4.78, 5) is 16.8. The standard InChI is InChI=1S/C20H23N3O2/c1-20(2,3)18(21)19(24)22-14-9-10-15-16(12-14)25-17(23-15)11-13-7-5-4-6-8-13/h4-10,12,18H,11,21H2,1-3H3,(H,22,24)/t18-/m1/s1. The first-order chi connectivity index (χ1) is 11.8. The number of benzene rings is 2. The Morgan fingerprint density at radius 3 is 2.60 bits per heavy atom. The number of carbonyl (C=O) groups is 1. The Hall–Kier alpha value is -2.66. The molecular formula is C20H23N3O2. The third-order valence-corrected chi connectivity index (χ3v) is 4.11. The van der Waals surface area contributed by atoms with Gasteiger partial charge in [0.05, 0.1) is 6.04 Å². The third kappa shape index (κ3) is 4.06. The molecule has 1 amide bonds. The molecule has 1 aromatic heterocycles. The van der Waals surface area contributed by atoms with E-state index in [1.165, 1.54) is 0 Å². The second kappa shape index (κ2) is 6.69. The molecule has 0 spiro atoms. The van der Waals surface area contributed by atoms with Gasteiger partial charge in [0.1, 0.15) is 5.52 Å². The maximum Gasteiger partial charge on any atom is 0.241 e. The number of hydrogen-bond acceptors (Lipinski definition) is 4. The number of nitrogens with one attached hydrogen (secondary N) is 1.